The molecule has 1 saturated heterocycles. The van der Waals surface area contributed by atoms with E-state index in [1.807, 2.05) is 55.5 Å². The molecule has 8 nitrogen and oxygen atoms in total. The second kappa shape index (κ2) is 13.2. The molecule has 0 aliphatic carbocycles. The molecule has 1 fully saturated rings. The average Bonchev–Trinajstić information content (AvgIpc) is 3.62. The number of Topliss-reactive ketones (excluding diaryl/α,β-unsaturated/α-hetero) is 1. The molecule has 0 spiro atoms. The molecule has 1 unspecified atom stereocenters. The van der Waals surface area contributed by atoms with Crippen molar-refractivity contribution in [3.8, 4) is 11.5 Å². The highest BCUT2D eigenvalue weighted by atomic mass is 35.5. The lowest BCUT2D eigenvalue weighted by Crippen LogP contribution is -2.29. The van der Waals surface area contributed by atoms with Crippen LogP contribution in [0.1, 0.15) is 33.9 Å². The molecule has 6 rings (SSSR count). The molecule has 11 heteroatoms. The van der Waals surface area contributed by atoms with Crippen LogP contribution in [0.4, 0.5) is 5.13 Å². The lowest BCUT2D eigenvalue weighted by Gasteiger charge is -2.22. The quantitative estimate of drug-likeness (QED) is 0.0546. The van der Waals surface area contributed by atoms with Crippen molar-refractivity contribution in [2.45, 2.75) is 29.7 Å². The molecule has 1 atom stereocenters. The largest absolute Gasteiger partial charge is 0.508 e. The first-order valence-electron chi connectivity index (χ1n) is 13.9. The molecule has 0 radical (unpaired) electrons. The van der Waals surface area contributed by atoms with Crippen LogP contribution in [0.5, 0.6) is 11.5 Å². The number of hydrogen-bond acceptors (Lipinski definition) is 9. The van der Waals surface area contributed by atoms with Crippen molar-refractivity contribution in [3.05, 3.63) is 135 Å². The minimum Gasteiger partial charge on any atom is -0.508 e. The number of aryl methyl sites for hydroxylation is 1. The zero-order valence-electron chi connectivity index (χ0n) is 23.9. The molecule has 1 aliphatic heterocycles. The molecule has 2 heterocycles. The summed E-state index contributed by atoms with van der Waals surface area (Å²) in [7, 11) is 0. The Labute approximate surface area is 272 Å². The molecule has 5 aromatic rings. The first-order chi connectivity index (χ1) is 21.8. The number of phenolic OH excluding ortho intramolecular Hbond substituents is 1. The van der Waals surface area contributed by atoms with Crippen LogP contribution >= 0.6 is 34.7 Å². The molecular formula is C34H26ClN3O5S2. The highest BCUT2D eigenvalue weighted by Gasteiger charge is 2.48. The van der Waals surface area contributed by atoms with Gasteiger partial charge in [0.05, 0.1) is 11.6 Å². The zero-order valence-corrected chi connectivity index (χ0v) is 26.3. The van der Waals surface area contributed by atoms with Crippen molar-refractivity contribution in [3.63, 3.8) is 0 Å². The Bertz CT molecular complexity index is 1910. The van der Waals surface area contributed by atoms with Gasteiger partial charge >= 0.3 is 5.91 Å². The number of ether oxygens (including phenoxy) is 1. The lowest BCUT2D eigenvalue weighted by atomic mass is 9.95. The van der Waals surface area contributed by atoms with E-state index in [0.29, 0.717) is 38.6 Å². The maximum absolute atomic E-state index is 13.5. The molecule has 0 saturated carbocycles. The van der Waals surface area contributed by atoms with E-state index < -0.39 is 17.7 Å². The van der Waals surface area contributed by atoms with Gasteiger partial charge < -0.3 is 14.9 Å². The van der Waals surface area contributed by atoms with Crippen LogP contribution in [0.15, 0.2) is 107 Å². The number of hydrogen-bond donors (Lipinski definition) is 2. The summed E-state index contributed by atoms with van der Waals surface area (Å²) in [6.45, 7) is 2.39. The minimum absolute atomic E-state index is 0.0512. The Morgan fingerprint density at radius 2 is 1.73 bits per heavy atom. The van der Waals surface area contributed by atoms with Crippen molar-refractivity contribution < 1.29 is 24.5 Å². The summed E-state index contributed by atoms with van der Waals surface area (Å²) in [5.41, 5.74) is 3.85. The summed E-state index contributed by atoms with van der Waals surface area (Å²) in [4.78, 5) is 28.3. The number of aromatic hydroxyl groups is 1. The third-order valence-electron chi connectivity index (χ3n) is 7.29. The van der Waals surface area contributed by atoms with Crippen LogP contribution in [0, 0.1) is 6.92 Å². The summed E-state index contributed by atoms with van der Waals surface area (Å²) < 4.78 is 6.52. The second-order valence-corrected chi connectivity index (χ2v) is 12.9. The molecule has 2 N–H and O–H groups in total. The summed E-state index contributed by atoms with van der Waals surface area (Å²) >= 11 is 8.58. The van der Waals surface area contributed by atoms with Gasteiger partial charge in [-0.1, -0.05) is 83.2 Å². The van der Waals surface area contributed by atoms with E-state index in [-0.39, 0.29) is 22.2 Å². The van der Waals surface area contributed by atoms with Crippen LogP contribution in [0.25, 0.3) is 5.76 Å². The monoisotopic (exact) mass is 655 g/mol. The van der Waals surface area contributed by atoms with Gasteiger partial charge in [-0.05, 0) is 77.7 Å². The summed E-state index contributed by atoms with van der Waals surface area (Å²) in [5, 5.41) is 31.1. The standard InChI is InChI=1S/C34H26ClN3O5S2/c1-20-5-2-3-6-24(20)18-43-27-15-11-22(12-16-27)30(40)28-29(23-7-4-8-26(39)17-23)38(32(42)31(28)41)33-36-37-34(45-33)44-19-21-9-13-25(35)14-10-21/h2-17,29,39-40H,18-19H2,1H3. The van der Waals surface area contributed by atoms with E-state index in [1.54, 1.807) is 36.4 Å². The summed E-state index contributed by atoms with van der Waals surface area (Å²) in [6, 6.07) is 27.2. The Morgan fingerprint density at radius 1 is 0.978 bits per heavy atom. The number of ketones is 1. The third-order valence-corrected chi connectivity index (χ3v) is 9.67. The van der Waals surface area contributed by atoms with E-state index in [0.717, 1.165) is 28.0 Å². The van der Waals surface area contributed by atoms with E-state index in [4.69, 9.17) is 16.3 Å². The van der Waals surface area contributed by atoms with Crippen LogP contribution in [-0.2, 0) is 21.9 Å². The van der Waals surface area contributed by atoms with Gasteiger partial charge in [-0.2, -0.15) is 0 Å². The van der Waals surface area contributed by atoms with Crippen LogP contribution in [0.2, 0.25) is 5.02 Å². The maximum Gasteiger partial charge on any atom is 0.301 e. The van der Waals surface area contributed by atoms with Gasteiger partial charge in [0, 0.05) is 16.3 Å². The van der Waals surface area contributed by atoms with Crippen molar-refractivity contribution in [2.24, 2.45) is 0 Å². The topological polar surface area (TPSA) is 113 Å². The molecule has 0 bridgehead atoms. The Kier molecular flexibility index (Phi) is 8.88. The fourth-order valence-corrected chi connectivity index (χ4v) is 6.87. The van der Waals surface area contributed by atoms with Gasteiger partial charge in [0.25, 0.3) is 5.78 Å². The SMILES string of the molecule is Cc1ccccc1COc1ccc(C(O)=C2C(=O)C(=O)N(c3nnc(SCc4ccc(Cl)cc4)s3)C2c2cccc(O)c2)cc1. The summed E-state index contributed by atoms with van der Waals surface area (Å²) in [5.74, 6) is -0.941. The first kappa shape index (κ1) is 30.4. The normalized spacial score (nSPS) is 15.9. The molecule has 1 amide bonds. The van der Waals surface area contributed by atoms with Gasteiger partial charge in [-0.25, -0.2) is 0 Å². The number of aliphatic hydroxyl groups excluding tert-OH is 1. The fraction of sp³-hybridized carbons (Fsp3) is 0.118. The number of halogens is 1. The van der Waals surface area contributed by atoms with Gasteiger partial charge in [-0.15, -0.1) is 10.2 Å². The molecule has 226 valence electrons. The van der Waals surface area contributed by atoms with Crippen LogP contribution < -0.4 is 9.64 Å². The number of rotatable bonds is 9. The number of anilines is 1. The van der Waals surface area contributed by atoms with Gasteiger partial charge in [0.15, 0.2) is 4.34 Å². The molecule has 4 aromatic carbocycles. The van der Waals surface area contributed by atoms with Gasteiger partial charge in [-0.3, -0.25) is 14.5 Å². The van der Waals surface area contributed by atoms with Crippen molar-refractivity contribution in [2.75, 3.05) is 4.90 Å². The van der Waals surface area contributed by atoms with E-state index in [1.165, 1.54) is 28.8 Å². The third kappa shape index (κ3) is 6.58. The number of benzene rings is 4. The van der Waals surface area contributed by atoms with Crippen molar-refractivity contribution >= 4 is 57.3 Å². The fourth-order valence-electron chi connectivity index (χ4n) is 4.92. The highest BCUT2D eigenvalue weighted by molar-refractivity contribution is 8.00. The van der Waals surface area contributed by atoms with Crippen LogP contribution in [-0.4, -0.2) is 32.1 Å². The Balaban J connectivity index is 1.30. The number of phenols is 1. The average molecular weight is 656 g/mol. The van der Waals surface area contributed by atoms with E-state index in [9.17, 15) is 19.8 Å². The number of aromatic nitrogens is 2. The number of carbonyl (C=O) groups excluding carboxylic acids is 2. The van der Waals surface area contributed by atoms with Crippen LogP contribution in [0.3, 0.4) is 0 Å². The number of aliphatic hydroxyl groups is 1. The second-order valence-electron chi connectivity index (χ2n) is 10.3. The maximum atomic E-state index is 13.5. The van der Waals surface area contributed by atoms with Crippen molar-refractivity contribution in [1.29, 1.82) is 0 Å². The predicted octanol–water partition coefficient (Wildman–Crippen LogP) is 7.70. The van der Waals surface area contributed by atoms with E-state index >= 15 is 0 Å². The van der Waals surface area contributed by atoms with E-state index in [2.05, 4.69) is 10.2 Å². The van der Waals surface area contributed by atoms with Crippen molar-refractivity contribution in [1.82, 2.24) is 10.2 Å². The number of amides is 1. The molecule has 1 aromatic heterocycles. The minimum atomic E-state index is -1.05. The van der Waals surface area contributed by atoms with Gasteiger partial charge in [0.1, 0.15) is 23.9 Å². The molecule has 1 aliphatic rings. The lowest BCUT2D eigenvalue weighted by molar-refractivity contribution is -0.132. The number of nitrogens with zero attached hydrogens (tertiary/aromatic N) is 3. The highest BCUT2D eigenvalue weighted by Crippen LogP contribution is 2.44. The summed E-state index contributed by atoms with van der Waals surface area (Å²) in [6.07, 6.45) is 0. The molecule has 45 heavy (non-hydrogen) atoms. The Hall–Kier alpha value is -4.64. The number of carbonyl (C=O) groups is 2. The Morgan fingerprint density at radius 3 is 2.47 bits per heavy atom. The zero-order chi connectivity index (χ0) is 31.5. The first-order valence-corrected chi connectivity index (χ1v) is 16.0. The number of thioether (sulfide) groups is 1. The smallest absolute Gasteiger partial charge is 0.301 e. The molecular weight excluding hydrogens is 630 g/mol. The predicted molar refractivity (Wildman–Crippen MR) is 176 cm³/mol. The van der Waals surface area contributed by atoms with Gasteiger partial charge in [0.2, 0.25) is 5.13 Å².